The van der Waals surface area contributed by atoms with Crippen LogP contribution in [0.5, 0.6) is 0 Å². The van der Waals surface area contributed by atoms with Crippen molar-refractivity contribution < 1.29 is 14.6 Å². The molecule has 2 N–H and O–H groups in total. The zero-order valence-corrected chi connectivity index (χ0v) is 10.2. The molecular weight excluding hydrogens is 194 g/mol. The van der Waals surface area contributed by atoms with E-state index in [1.54, 1.807) is 7.11 Å². The van der Waals surface area contributed by atoms with E-state index in [0.29, 0.717) is 13.0 Å². The molecule has 0 saturated carbocycles. The topological polar surface area (TPSA) is 58.6 Å². The van der Waals surface area contributed by atoms with Crippen LogP contribution in [0.15, 0.2) is 0 Å². The highest BCUT2D eigenvalue weighted by atomic mass is 16.5. The summed E-state index contributed by atoms with van der Waals surface area (Å²) in [5.74, 6) is -0.782. The van der Waals surface area contributed by atoms with Crippen LogP contribution >= 0.6 is 0 Å². The number of hydrogen-bond donors (Lipinski definition) is 2. The summed E-state index contributed by atoms with van der Waals surface area (Å²) in [4.78, 5) is 10.9. The standard InChI is InChI=1S/C11H23NO3/c1-5-6-7-9(10(13)14)12-8-11(2,3)15-4/h9,12H,5-8H2,1-4H3,(H,13,14). The molecule has 1 unspecified atom stereocenters. The average Bonchev–Trinajstić information content (AvgIpc) is 2.17. The molecule has 0 amide bonds. The van der Waals surface area contributed by atoms with E-state index in [4.69, 9.17) is 9.84 Å². The molecule has 0 fully saturated rings. The van der Waals surface area contributed by atoms with Crippen molar-refractivity contribution >= 4 is 5.97 Å². The lowest BCUT2D eigenvalue weighted by Gasteiger charge is -2.25. The van der Waals surface area contributed by atoms with Gasteiger partial charge in [0.05, 0.1) is 5.60 Å². The number of aliphatic carboxylic acids is 1. The lowest BCUT2D eigenvalue weighted by Crippen LogP contribution is -2.45. The number of carboxylic acid groups (broad SMARTS) is 1. The first-order valence-corrected chi connectivity index (χ1v) is 5.44. The fraction of sp³-hybridized carbons (Fsp3) is 0.909. The van der Waals surface area contributed by atoms with Gasteiger partial charge in [-0.05, 0) is 20.3 Å². The van der Waals surface area contributed by atoms with E-state index in [0.717, 1.165) is 12.8 Å². The molecule has 4 nitrogen and oxygen atoms in total. The van der Waals surface area contributed by atoms with E-state index in [1.165, 1.54) is 0 Å². The third-order valence-electron chi connectivity index (χ3n) is 2.47. The van der Waals surface area contributed by atoms with Gasteiger partial charge in [0.25, 0.3) is 0 Å². The molecule has 0 spiro atoms. The first-order valence-electron chi connectivity index (χ1n) is 5.44. The summed E-state index contributed by atoms with van der Waals surface area (Å²) in [6.45, 7) is 6.46. The fourth-order valence-corrected chi connectivity index (χ4v) is 1.16. The van der Waals surface area contributed by atoms with Gasteiger partial charge in [0, 0.05) is 13.7 Å². The largest absolute Gasteiger partial charge is 0.480 e. The van der Waals surface area contributed by atoms with Crippen molar-refractivity contribution in [3.05, 3.63) is 0 Å². The molecule has 0 bridgehead atoms. The quantitative estimate of drug-likeness (QED) is 0.649. The van der Waals surface area contributed by atoms with Gasteiger partial charge in [-0.3, -0.25) is 4.79 Å². The number of rotatable bonds is 8. The molecular formula is C11H23NO3. The SMILES string of the molecule is CCCCC(NCC(C)(C)OC)C(=O)O. The maximum absolute atomic E-state index is 10.9. The van der Waals surface area contributed by atoms with Crippen LogP contribution in [0, 0.1) is 0 Å². The third-order valence-corrected chi connectivity index (χ3v) is 2.47. The van der Waals surface area contributed by atoms with E-state index >= 15 is 0 Å². The van der Waals surface area contributed by atoms with Gasteiger partial charge < -0.3 is 15.2 Å². The molecule has 0 rings (SSSR count). The Balaban J connectivity index is 4.01. The molecule has 0 aliphatic rings. The molecule has 0 radical (unpaired) electrons. The first kappa shape index (κ1) is 14.4. The average molecular weight is 217 g/mol. The number of unbranched alkanes of at least 4 members (excludes halogenated alkanes) is 1. The molecule has 0 aromatic carbocycles. The Kier molecular flexibility index (Phi) is 6.52. The molecule has 90 valence electrons. The number of methoxy groups -OCH3 is 1. The van der Waals surface area contributed by atoms with E-state index < -0.39 is 12.0 Å². The fourth-order valence-electron chi connectivity index (χ4n) is 1.16. The van der Waals surface area contributed by atoms with Gasteiger partial charge in [-0.25, -0.2) is 0 Å². The summed E-state index contributed by atoms with van der Waals surface area (Å²) in [6, 6.07) is -0.459. The first-order chi connectivity index (χ1) is 6.93. The van der Waals surface area contributed by atoms with Gasteiger partial charge >= 0.3 is 5.97 Å². The second-order valence-electron chi connectivity index (χ2n) is 4.38. The zero-order valence-electron chi connectivity index (χ0n) is 10.2. The summed E-state index contributed by atoms with van der Waals surface area (Å²) < 4.78 is 5.22. The Hall–Kier alpha value is -0.610. The van der Waals surface area contributed by atoms with Gasteiger partial charge in [-0.15, -0.1) is 0 Å². The van der Waals surface area contributed by atoms with Gasteiger partial charge in [-0.2, -0.15) is 0 Å². The summed E-state index contributed by atoms with van der Waals surface area (Å²) in [6.07, 6.45) is 2.61. The van der Waals surface area contributed by atoms with Crippen LogP contribution in [0.1, 0.15) is 40.0 Å². The molecule has 15 heavy (non-hydrogen) atoms. The maximum atomic E-state index is 10.9. The minimum absolute atomic E-state index is 0.320. The van der Waals surface area contributed by atoms with Crippen LogP contribution in [0.25, 0.3) is 0 Å². The zero-order chi connectivity index (χ0) is 11.9. The Bertz CT molecular complexity index is 192. The monoisotopic (exact) mass is 217 g/mol. The van der Waals surface area contributed by atoms with Crippen LogP contribution in [0.4, 0.5) is 0 Å². The molecule has 0 aromatic rings. The van der Waals surface area contributed by atoms with Gasteiger partial charge in [-0.1, -0.05) is 19.8 Å². The van der Waals surface area contributed by atoms with E-state index in [2.05, 4.69) is 12.2 Å². The molecule has 0 saturated heterocycles. The number of carboxylic acids is 1. The van der Waals surface area contributed by atoms with Crippen molar-refractivity contribution in [2.45, 2.75) is 51.7 Å². The van der Waals surface area contributed by atoms with Crippen LogP contribution in [0.3, 0.4) is 0 Å². The lowest BCUT2D eigenvalue weighted by molar-refractivity contribution is -0.140. The third kappa shape index (κ3) is 6.47. The second kappa shape index (κ2) is 6.80. The lowest BCUT2D eigenvalue weighted by atomic mass is 10.1. The van der Waals surface area contributed by atoms with E-state index in [-0.39, 0.29) is 5.60 Å². The number of ether oxygens (including phenoxy) is 1. The summed E-state index contributed by atoms with van der Waals surface area (Å²) in [5.41, 5.74) is -0.320. The number of hydrogen-bond acceptors (Lipinski definition) is 3. The molecule has 1 atom stereocenters. The van der Waals surface area contributed by atoms with Crippen LogP contribution in [0.2, 0.25) is 0 Å². The maximum Gasteiger partial charge on any atom is 0.320 e. The normalized spacial score (nSPS) is 13.9. The molecule has 4 heteroatoms. The Morgan fingerprint density at radius 1 is 1.53 bits per heavy atom. The van der Waals surface area contributed by atoms with Gasteiger partial charge in [0.1, 0.15) is 6.04 Å². The van der Waals surface area contributed by atoms with Crippen molar-refractivity contribution in [3.8, 4) is 0 Å². The summed E-state index contributed by atoms with van der Waals surface area (Å²) >= 11 is 0. The number of nitrogens with one attached hydrogen (secondary N) is 1. The van der Waals surface area contributed by atoms with Crippen molar-refractivity contribution in [2.75, 3.05) is 13.7 Å². The van der Waals surface area contributed by atoms with Gasteiger partial charge in [0.15, 0.2) is 0 Å². The highest BCUT2D eigenvalue weighted by Gasteiger charge is 2.21. The van der Waals surface area contributed by atoms with Crippen molar-refractivity contribution in [3.63, 3.8) is 0 Å². The highest BCUT2D eigenvalue weighted by molar-refractivity contribution is 5.73. The van der Waals surface area contributed by atoms with Crippen molar-refractivity contribution in [2.24, 2.45) is 0 Å². The summed E-state index contributed by atoms with van der Waals surface area (Å²) in [7, 11) is 1.63. The predicted molar refractivity (Wildman–Crippen MR) is 60.0 cm³/mol. The minimum atomic E-state index is -0.782. The molecule has 0 heterocycles. The van der Waals surface area contributed by atoms with Gasteiger partial charge in [0.2, 0.25) is 0 Å². The Labute approximate surface area is 92.0 Å². The summed E-state index contributed by atoms with van der Waals surface area (Å²) in [5, 5.41) is 12.0. The smallest absolute Gasteiger partial charge is 0.320 e. The van der Waals surface area contributed by atoms with E-state index in [1.807, 2.05) is 13.8 Å². The molecule has 0 aliphatic carbocycles. The van der Waals surface area contributed by atoms with Crippen LogP contribution in [-0.4, -0.2) is 36.4 Å². The Morgan fingerprint density at radius 3 is 2.53 bits per heavy atom. The second-order valence-corrected chi connectivity index (χ2v) is 4.38. The van der Waals surface area contributed by atoms with Crippen LogP contribution in [-0.2, 0) is 9.53 Å². The van der Waals surface area contributed by atoms with E-state index in [9.17, 15) is 4.79 Å². The predicted octanol–water partition coefficient (Wildman–Crippen LogP) is 1.64. The number of carbonyl (C=O) groups is 1. The Morgan fingerprint density at radius 2 is 2.13 bits per heavy atom. The minimum Gasteiger partial charge on any atom is -0.480 e. The highest BCUT2D eigenvalue weighted by Crippen LogP contribution is 2.07. The van der Waals surface area contributed by atoms with Crippen molar-refractivity contribution in [1.82, 2.24) is 5.32 Å². The molecule has 0 aromatic heterocycles. The van der Waals surface area contributed by atoms with Crippen LogP contribution < -0.4 is 5.32 Å². The molecule has 0 aliphatic heterocycles. The van der Waals surface area contributed by atoms with Crippen molar-refractivity contribution in [1.29, 1.82) is 0 Å².